The molecule has 0 aromatic heterocycles. The maximum atomic E-state index is 12.0. The Bertz CT molecular complexity index is 436. The van der Waals surface area contributed by atoms with E-state index in [0.29, 0.717) is 0 Å². The van der Waals surface area contributed by atoms with Crippen molar-refractivity contribution >= 4 is 16.8 Å². The summed E-state index contributed by atoms with van der Waals surface area (Å²) in [6, 6.07) is 5.88. The summed E-state index contributed by atoms with van der Waals surface area (Å²) >= 11 is 0. The molecule has 0 saturated carbocycles. The predicted molar refractivity (Wildman–Crippen MR) is 71.1 cm³/mol. The second kappa shape index (κ2) is 6.66. The molecule has 1 aromatic carbocycles. The fraction of sp³-hybridized carbons (Fsp3) is 0.462. The van der Waals surface area contributed by atoms with Gasteiger partial charge in [0.2, 0.25) is 0 Å². The van der Waals surface area contributed by atoms with Gasteiger partial charge in [-0.05, 0) is 19.4 Å². The highest BCUT2D eigenvalue weighted by atomic mass is 32.2. The number of aryl methyl sites for hydroxylation is 2. The van der Waals surface area contributed by atoms with Crippen LogP contribution in [0.3, 0.4) is 0 Å². The minimum Gasteiger partial charge on any atom is -0.480 e. The average molecular weight is 270 g/mol. The molecule has 0 amide bonds. The molecular formula is C13H18O4S. The molecule has 2 atom stereocenters. The highest BCUT2D eigenvalue weighted by Gasteiger charge is 2.24. The first-order chi connectivity index (χ1) is 8.43. The molecule has 0 radical (unpaired) electrons. The molecular weight excluding hydrogens is 252 g/mol. The zero-order chi connectivity index (χ0) is 13.7. The molecule has 1 N–H and O–H groups in total. The van der Waals surface area contributed by atoms with E-state index in [2.05, 4.69) is 0 Å². The molecule has 4 nitrogen and oxygen atoms in total. The Kier molecular flexibility index (Phi) is 5.50. The Labute approximate surface area is 109 Å². The molecule has 0 saturated heterocycles. The number of carboxylic acids is 1. The third-order valence-electron chi connectivity index (χ3n) is 2.50. The first kappa shape index (κ1) is 14.9. The Morgan fingerprint density at radius 1 is 1.33 bits per heavy atom. The van der Waals surface area contributed by atoms with E-state index in [4.69, 9.17) is 9.84 Å². The van der Waals surface area contributed by atoms with Gasteiger partial charge in [0, 0.05) is 23.7 Å². The van der Waals surface area contributed by atoms with Crippen molar-refractivity contribution in [2.24, 2.45) is 0 Å². The van der Waals surface area contributed by atoms with E-state index in [1.807, 2.05) is 32.0 Å². The van der Waals surface area contributed by atoms with Crippen LogP contribution in [0, 0.1) is 13.8 Å². The molecule has 18 heavy (non-hydrogen) atoms. The van der Waals surface area contributed by atoms with E-state index in [-0.39, 0.29) is 12.4 Å². The molecule has 2 unspecified atom stereocenters. The van der Waals surface area contributed by atoms with Gasteiger partial charge in [-0.3, -0.25) is 9.00 Å². The van der Waals surface area contributed by atoms with Crippen LogP contribution in [0.15, 0.2) is 18.2 Å². The van der Waals surface area contributed by atoms with Crippen LogP contribution in [-0.4, -0.2) is 34.3 Å². The monoisotopic (exact) mass is 270 g/mol. The van der Waals surface area contributed by atoms with Gasteiger partial charge in [-0.2, -0.15) is 0 Å². The van der Waals surface area contributed by atoms with Gasteiger partial charge in [-0.1, -0.05) is 29.3 Å². The van der Waals surface area contributed by atoms with Crippen LogP contribution in [0.1, 0.15) is 16.7 Å². The number of ether oxygens (including phenoxy) is 1. The maximum Gasteiger partial charge on any atom is 0.321 e. The Morgan fingerprint density at radius 2 is 1.89 bits per heavy atom. The quantitative estimate of drug-likeness (QED) is 0.853. The summed E-state index contributed by atoms with van der Waals surface area (Å²) in [4.78, 5) is 11.0. The second-order valence-corrected chi connectivity index (χ2v) is 5.92. The van der Waals surface area contributed by atoms with E-state index >= 15 is 0 Å². The van der Waals surface area contributed by atoms with Crippen LogP contribution in [0.5, 0.6) is 0 Å². The van der Waals surface area contributed by atoms with Gasteiger partial charge in [0.1, 0.15) is 0 Å². The molecule has 100 valence electrons. The van der Waals surface area contributed by atoms with Crippen LogP contribution in [0.25, 0.3) is 0 Å². The largest absolute Gasteiger partial charge is 0.480 e. The van der Waals surface area contributed by atoms with Gasteiger partial charge in [-0.25, -0.2) is 0 Å². The van der Waals surface area contributed by atoms with Gasteiger partial charge in [0.05, 0.1) is 6.61 Å². The van der Waals surface area contributed by atoms with E-state index in [9.17, 15) is 9.00 Å². The highest BCUT2D eigenvalue weighted by molar-refractivity contribution is 7.85. The number of aliphatic carboxylic acids is 1. The van der Waals surface area contributed by atoms with E-state index in [0.717, 1.165) is 16.7 Å². The Balaban J connectivity index is 2.82. The van der Waals surface area contributed by atoms with Crippen molar-refractivity contribution in [3.8, 4) is 0 Å². The molecule has 0 aliphatic rings. The van der Waals surface area contributed by atoms with Crippen LogP contribution >= 0.6 is 0 Å². The van der Waals surface area contributed by atoms with Crippen molar-refractivity contribution in [1.29, 1.82) is 0 Å². The third kappa shape index (κ3) is 4.23. The van der Waals surface area contributed by atoms with Gasteiger partial charge in [0.25, 0.3) is 0 Å². The molecule has 0 fully saturated rings. The smallest absolute Gasteiger partial charge is 0.321 e. The van der Waals surface area contributed by atoms with Crippen LogP contribution in [0.4, 0.5) is 0 Å². The number of benzene rings is 1. The van der Waals surface area contributed by atoms with Gasteiger partial charge in [0.15, 0.2) is 5.25 Å². The summed E-state index contributed by atoms with van der Waals surface area (Å²) in [5.41, 5.74) is 3.06. The van der Waals surface area contributed by atoms with Crippen molar-refractivity contribution in [1.82, 2.24) is 0 Å². The maximum absolute atomic E-state index is 12.0. The van der Waals surface area contributed by atoms with Crippen LogP contribution < -0.4 is 0 Å². The van der Waals surface area contributed by atoms with Crippen molar-refractivity contribution < 1.29 is 18.8 Å². The lowest BCUT2D eigenvalue weighted by Gasteiger charge is -2.12. The van der Waals surface area contributed by atoms with Gasteiger partial charge in [-0.15, -0.1) is 0 Å². The van der Waals surface area contributed by atoms with Crippen molar-refractivity contribution in [2.75, 3.05) is 13.7 Å². The van der Waals surface area contributed by atoms with E-state index < -0.39 is 22.0 Å². The summed E-state index contributed by atoms with van der Waals surface area (Å²) in [6.07, 6.45) is 0. The standard InChI is InChI=1S/C13H18O4S/c1-9-4-10(2)6-11(5-9)8-18(16)12(7-17-3)13(14)15/h4-6,12H,7-8H2,1-3H3,(H,14,15). The molecule has 0 spiro atoms. The van der Waals surface area contributed by atoms with Crippen LogP contribution in [0.2, 0.25) is 0 Å². The second-order valence-electron chi connectivity index (χ2n) is 4.30. The fourth-order valence-electron chi connectivity index (χ4n) is 1.83. The Morgan fingerprint density at radius 3 is 2.33 bits per heavy atom. The number of rotatable bonds is 6. The topological polar surface area (TPSA) is 63.6 Å². The molecule has 5 heteroatoms. The highest BCUT2D eigenvalue weighted by Crippen LogP contribution is 2.13. The number of carboxylic acid groups (broad SMARTS) is 1. The zero-order valence-electron chi connectivity index (χ0n) is 10.8. The number of hydrogen-bond acceptors (Lipinski definition) is 3. The van der Waals surface area contributed by atoms with E-state index in [1.165, 1.54) is 7.11 Å². The third-order valence-corrected chi connectivity index (χ3v) is 4.09. The Hall–Kier alpha value is -1.20. The minimum atomic E-state index is -1.48. The van der Waals surface area contributed by atoms with E-state index in [1.54, 1.807) is 0 Å². The number of carbonyl (C=O) groups is 1. The number of methoxy groups -OCH3 is 1. The lowest BCUT2D eigenvalue weighted by atomic mass is 10.1. The normalized spacial score (nSPS) is 14.2. The van der Waals surface area contributed by atoms with Crippen LogP contribution in [-0.2, 0) is 26.1 Å². The first-order valence-electron chi connectivity index (χ1n) is 5.60. The van der Waals surface area contributed by atoms with Gasteiger partial charge >= 0.3 is 5.97 Å². The molecule has 0 aliphatic heterocycles. The predicted octanol–water partition coefficient (Wildman–Crippen LogP) is 1.65. The lowest BCUT2D eigenvalue weighted by Crippen LogP contribution is -2.31. The summed E-state index contributed by atoms with van der Waals surface area (Å²) in [6.45, 7) is 3.89. The average Bonchev–Trinajstić information content (AvgIpc) is 2.23. The van der Waals surface area contributed by atoms with Gasteiger partial charge < -0.3 is 9.84 Å². The minimum absolute atomic E-state index is 0.0350. The summed E-state index contributed by atoms with van der Waals surface area (Å²) in [5, 5.41) is 8.01. The molecule has 0 heterocycles. The van der Waals surface area contributed by atoms with Crippen molar-refractivity contribution in [3.63, 3.8) is 0 Å². The zero-order valence-corrected chi connectivity index (χ0v) is 11.6. The fourth-order valence-corrected chi connectivity index (χ4v) is 3.04. The molecule has 1 aromatic rings. The summed E-state index contributed by atoms with van der Waals surface area (Å²) in [5.74, 6) is -0.845. The number of hydrogen-bond donors (Lipinski definition) is 1. The first-order valence-corrected chi connectivity index (χ1v) is 6.98. The molecule has 1 rings (SSSR count). The molecule has 0 aliphatic carbocycles. The summed E-state index contributed by atoms with van der Waals surface area (Å²) in [7, 11) is -0.0732. The van der Waals surface area contributed by atoms with Crippen molar-refractivity contribution in [3.05, 3.63) is 34.9 Å². The lowest BCUT2D eigenvalue weighted by molar-refractivity contribution is -0.137. The molecule has 0 bridgehead atoms. The van der Waals surface area contributed by atoms with Crippen molar-refractivity contribution in [2.45, 2.75) is 24.9 Å². The summed E-state index contributed by atoms with van der Waals surface area (Å²) < 4.78 is 16.8. The SMILES string of the molecule is COCC(C(=O)O)S(=O)Cc1cc(C)cc(C)c1.